The molecule has 0 spiro atoms. The molecule has 2 atom stereocenters. The number of hydrogen-bond acceptors (Lipinski definition) is 3. The number of nitrogens with zero attached hydrogens (tertiary/aromatic N) is 2. The summed E-state index contributed by atoms with van der Waals surface area (Å²) in [6, 6.07) is 5.80. The van der Waals surface area contributed by atoms with Crippen molar-refractivity contribution in [3.8, 4) is 0 Å². The maximum Gasteiger partial charge on any atom is 0.246 e. The van der Waals surface area contributed by atoms with Gasteiger partial charge in [-0.1, -0.05) is 13.0 Å². The molecule has 1 aliphatic rings. The van der Waals surface area contributed by atoms with Gasteiger partial charge >= 0.3 is 0 Å². The number of likely N-dealkylation sites (tertiary alicyclic amines) is 1. The molecule has 0 aromatic carbocycles. The maximum absolute atomic E-state index is 12.2. The smallest absolute Gasteiger partial charge is 0.246 e. The number of piperidine rings is 1. The predicted molar refractivity (Wildman–Crippen MR) is 76.2 cm³/mol. The van der Waals surface area contributed by atoms with Crippen LogP contribution in [0.3, 0.4) is 0 Å². The third-order valence-corrected chi connectivity index (χ3v) is 3.72. The van der Waals surface area contributed by atoms with E-state index in [-0.39, 0.29) is 11.9 Å². The average molecular weight is 259 g/mol. The van der Waals surface area contributed by atoms with Gasteiger partial charge < -0.3 is 10.6 Å². The molecule has 2 rings (SSSR count). The first-order valence-corrected chi connectivity index (χ1v) is 6.82. The fourth-order valence-corrected chi connectivity index (χ4v) is 2.61. The summed E-state index contributed by atoms with van der Waals surface area (Å²) in [5.41, 5.74) is 6.60. The summed E-state index contributed by atoms with van der Waals surface area (Å²) in [7, 11) is 0. The molecule has 2 heterocycles. The molecule has 2 N–H and O–H groups in total. The number of hydrogen-bond donors (Lipinski definition) is 1. The first kappa shape index (κ1) is 13.7. The number of carbonyl (C=O) groups excluding carboxylic acids is 1. The van der Waals surface area contributed by atoms with Crippen LogP contribution in [0.25, 0.3) is 6.08 Å². The van der Waals surface area contributed by atoms with Crippen molar-refractivity contribution in [2.24, 2.45) is 11.7 Å². The van der Waals surface area contributed by atoms with Gasteiger partial charge in [-0.25, -0.2) is 0 Å². The van der Waals surface area contributed by atoms with Crippen LogP contribution in [0.5, 0.6) is 0 Å². The Morgan fingerprint density at radius 3 is 3.11 bits per heavy atom. The van der Waals surface area contributed by atoms with E-state index in [1.165, 1.54) is 0 Å². The third kappa shape index (κ3) is 3.41. The Labute approximate surface area is 114 Å². The molecule has 102 valence electrons. The second-order valence-electron chi connectivity index (χ2n) is 5.04. The lowest BCUT2D eigenvalue weighted by atomic mass is 9.90. The summed E-state index contributed by atoms with van der Waals surface area (Å²) in [4.78, 5) is 18.3. The molecular formula is C15H21N3O. The minimum absolute atomic E-state index is 0.0349. The SMILES string of the molecule is CC1CCCN(C(=O)C=Cc2ccccn2)C1CN. The van der Waals surface area contributed by atoms with Gasteiger partial charge in [0.25, 0.3) is 0 Å². The van der Waals surface area contributed by atoms with Gasteiger partial charge in [0.1, 0.15) is 0 Å². The minimum atomic E-state index is 0.0349. The van der Waals surface area contributed by atoms with Crippen LogP contribution in [0.2, 0.25) is 0 Å². The van der Waals surface area contributed by atoms with Crippen molar-refractivity contribution < 1.29 is 4.79 Å². The summed E-state index contributed by atoms with van der Waals surface area (Å²) in [5, 5.41) is 0. The van der Waals surface area contributed by atoms with Crippen molar-refractivity contribution in [3.05, 3.63) is 36.2 Å². The molecule has 0 aliphatic carbocycles. The Morgan fingerprint density at radius 2 is 2.42 bits per heavy atom. The van der Waals surface area contributed by atoms with Gasteiger partial charge in [-0.3, -0.25) is 9.78 Å². The van der Waals surface area contributed by atoms with E-state index < -0.39 is 0 Å². The van der Waals surface area contributed by atoms with Crippen LogP contribution in [0, 0.1) is 5.92 Å². The van der Waals surface area contributed by atoms with E-state index in [0.29, 0.717) is 12.5 Å². The average Bonchev–Trinajstić information content (AvgIpc) is 2.45. The van der Waals surface area contributed by atoms with E-state index >= 15 is 0 Å². The summed E-state index contributed by atoms with van der Waals surface area (Å²) >= 11 is 0. The van der Waals surface area contributed by atoms with Crippen molar-refractivity contribution in [1.29, 1.82) is 0 Å². The van der Waals surface area contributed by atoms with Gasteiger partial charge in [0.15, 0.2) is 0 Å². The molecule has 0 saturated carbocycles. The van der Waals surface area contributed by atoms with E-state index in [9.17, 15) is 4.79 Å². The van der Waals surface area contributed by atoms with Gasteiger partial charge in [-0.2, -0.15) is 0 Å². The van der Waals surface area contributed by atoms with Crippen molar-refractivity contribution in [2.75, 3.05) is 13.1 Å². The van der Waals surface area contributed by atoms with Crippen molar-refractivity contribution in [1.82, 2.24) is 9.88 Å². The van der Waals surface area contributed by atoms with Crippen molar-refractivity contribution in [3.63, 3.8) is 0 Å². The zero-order chi connectivity index (χ0) is 13.7. The van der Waals surface area contributed by atoms with E-state index in [1.54, 1.807) is 18.3 Å². The first-order chi connectivity index (χ1) is 9.22. The van der Waals surface area contributed by atoms with Crippen molar-refractivity contribution >= 4 is 12.0 Å². The number of amides is 1. The van der Waals surface area contributed by atoms with Gasteiger partial charge in [0.2, 0.25) is 5.91 Å². The van der Waals surface area contributed by atoms with Crippen LogP contribution < -0.4 is 5.73 Å². The second-order valence-corrected chi connectivity index (χ2v) is 5.04. The highest BCUT2D eigenvalue weighted by atomic mass is 16.2. The van der Waals surface area contributed by atoms with Gasteiger partial charge in [-0.15, -0.1) is 0 Å². The second kappa shape index (κ2) is 6.48. The fourth-order valence-electron chi connectivity index (χ4n) is 2.61. The highest BCUT2D eigenvalue weighted by molar-refractivity contribution is 5.91. The standard InChI is InChI=1S/C15H21N3O/c1-12-5-4-10-18(14(12)11-16)15(19)8-7-13-6-2-3-9-17-13/h2-3,6-9,12,14H,4-5,10-11,16H2,1H3. The van der Waals surface area contributed by atoms with E-state index in [4.69, 9.17) is 5.73 Å². The van der Waals surface area contributed by atoms with E-state index in [0.717, 1.165) is 25.1 Å². The van der Waals surface area contributed by atoms with Crippen LogP contribution >= 0.6 is 0 Å². The Kier molecular flexibility index (Phi) is 4.68. The Hall–Kier alpha value is -1.68. The molecule has 0 bridgehead atoms. The number of carbonyl (C=O) groups is 1. The normalized spacial score (nSPS) is 23.8. The molecule has 1 amide bonds. The molecule has 1 aliphatic heterocycles. The molecule has 4 nitrogen and oxygen atoms in total. The summed E-state index contributed by atoms with van der Waals surface area (Å²) in [5.74, 6) is 0.513. The highest BCUT2D eigenvalue weighted by Gasteiger charge is 2.29. The lowest BCUT2D eigenvalue weighted by Crippen LogP contribution is -2.50. The summed E-state index contributed by atoms with van der Waals surface area (Å²) < 4.78 is 0. The molecule has 1 saturated heterocycles. The quantitative estimate of drug-likeness (QED) is 0.840. The highest BCUT2D eigenvalue weighted by Crippen LogP contribution is 2.22. The number of nitrogens with two attached hydrogens (primary N) is 1. The van der Waals surface area contributed by atoms with Crippen LogP contribution in [0.4, 0.5) is 0 Å². The molecule has 2 unspecified atom stereocenters. The Balaban J connectivity index is 2.04. The molecule has 4 heteroatoms. The third-order valence-electron chi connectivity index (χ3n) is 3.72. The molecular weight excluding hydrogens is 238 g/mol. The number of pyridine rings is 1. The minimum Gasteiger partial charge on any atom is -0.335 e. The summed E-state index contributed by atoms with van der Waals surface area (Å²) in [6.45, 7) is 3.50. The monoisotopic (exact) mass is 259 g/mol. The number of rotatable bonds is 3. The van der Waals surface area contributed by atoms with Crippen LogP contribution in [-0.4, -0.2) is 34.9 Å². The number of aromatic nitrogens is 1. The largest absolute Gasteiger partial charge is 0.335 e. The van der Waals surface area contributed by atoms with Crippen LogP contribution in [0.15, 0.2) is 30.5 Å². The Morgan fingerprint density at radius 1 is 1.58 bits per heavy atom. The van der Waals surface area contributed by atoms with Crippen molar-refractivity contribution in [2.45, 2.75) is 25.8 Å². The van der Waals surface area contributed by atoms with Gasteiger partial charge in [-0.05, 0) is 37.0 Å². The predicted octanol–water partition coefficient (Wildman–Crippen LogP) is 1.68. The van der Waals surface area contributed by atoms with Crippen LogP contribution in [-0.2, 0) is 4.79 Å². The molecule has 1 aromatic heterocycles. The van der Waals surface area contributed by atoms with Crippen LogP contribution in [0.1, 0.15) is 25.5 Å². The maximum atomic E-state index is 12.2. The zero-order valence-corrected chi connectivity index (χ0v) is 11.3. The molecule has 19 heavy (non-hydrogen) atoms. The zero-order valence-electron chi connectivity index (χ0n) is 11.3. The fraction of sp³-hybridized carbons (Fsp3) is 0.467. The molecule has 0 radical (unpaired) electrons. The molecule has 1 fully saturated rings. The summed E-state index contributed by atoms with van der Waals surface area (Å²) in [6.07, 6.45) is 7.28. The van der Waals surface area contributed by atoms with E-state index in [1.807, 2.05) is 23.1 Å². The first-order valence-electron chi connectivity index (χ1n) is 6.82. The van der Waals surface area contributed by atoms with Gasteiger partial charge in [0, 0.05) is 31.4 Å². The van der Waals surface area contributed by atoms with Gasteiger partial charge in [0.05, 0.1) is 5.69 Å². The lowest BCUT2D eigenvalue weighted by molar-refractivity contribution is -0.130. The molecule has 1 aromatic rings. The topological polar surface area (TPSA) is 59.2 Å². The Bertz CT molecular complexity index is 444. The van der Waals surface area contributed by atoms with E-state index in [2.05, 4.69) is 11.9 Å². The lowest BCUT2D eigenvalue weighted by Gasteiger charge is -2.38.